The van der Waals surface area contributed by atoms with Gasteiger partial charge in [-0.3, -0.25) is 0 Å². The molecule has 1 saturated carbocycles. The van der Waals surface area contributed by atoms with Gasteiger partial charge in [-0.1, -0.05) is 36.4 Å². The fourth-order valence-electron chi connectivity index (χ4n) is 3.60. The molecule has 1 aromatic rings. The van der Waals surface area contributed by atoms with Crippen LogP contribution >= 0.6 is 0 Å². The van der Waals surface area contributed by atoms with E-state index in [0.29, 0.717) is 12.8 Å². The molecule has 1 N–H and O–H groups in total. The molecule has 2 aliphatic rings. The summed E-state index contributed by atoms with van der Waals surface area (Å²) in [7, 11) is -0.398. The van der Waals surface area contributed by atoms with Gasteiger partial charge in [-0.15, -0.1) is 0 Å². The van der Waals surface area contributed by atoms with Gasteiger partial charge in [0.1, 0.15) is 5.60 Å². The quantitative estimate of drug-likeness (QED) is 0.630. The van der Waals surface area contributed by atoms with Crippen LogP contribution in [0.1, 0.15) is 66.9 Å². The number of nitrogens with one attached hydrogen (secondary N) is 1. The van der Waals surface area contributed by atoms with E-state index in [2.05, 4.69) is 11.9 Å². The van der Waals surface area contributed by atoms with Crippen molar-refractivity contribution in [1.29, 1.82) is 0 Å². The first-order valence-corrected chi connectivity index (χ1v) is 9.87. The number of carbonyl (C=O) groups is 1. The molecule has 0 aromatic heterocycles. The van der Waals surface area contributed by atoms with Crippen LogP contribution in [-0.4, -0.2) is 30.0 Å². The molecule has 28 heavy (non-hydrogen) atoms. The van der Waals surface area contributed by atoms with E-state index in [4.69, 9.17) is 14.0 Å². The van der Waals surface area contributed by atoms with Crippen LogP contribution in [0.3, 0.4) is 0 Å². The highest BCUT2D eigenvalue weighted by Crippen LogP contribution is 2.44. The van der Waals surface area contributed by atoms with Crippen LogP contribution in [0.2, 0.25) is 0 Å². The minimum atomic E-state index is -0.535. The molecule has 1 aliphatic carbocycles. The van der Waals surface area contributed by atoms with Crippen molar-refractivity contribution >= 4 is 18.7 Å². The molecule has 1 aliphatic heterocycles. The lowest BCUT2D eigenvalue weighted by molar-refractivity contribution is 0.00578. The van der Waals surface area contributed by atoms with E-state index in [1.807, 2.05) is 72.7 Å². The third-order valence-electron chi connectivity index (χ3n) is 5.83. The van der Waals surface area contributed by atoms with Gasteiger partial charge in [-0.05, 0) is 72.3 Å². The van der Waals surface area contributed by atoms with Crippen molar-refractivity contribution in [1.82, 2.24) is 5.32 Å². The molecular weight excluding hydrogens is 353 g/mol. The molecule has 3 rings (SSSR count). The molecule has 1 aromatic carbocycles. The summed E-state index contributed by atoms with van der Waals surface area (Å²) < 4.78 is 17.7. The first-order chi connectivity index (χ1) is 12.7. The smallest absolute Gasteiger partial charge is 0.444 e. The lowest BCUT2D eigenvalue weighted by atomic mass is 9.68. The second kappa shape index (κ2) is 6.63. The highest BCUT2D eigenvalue weighted by molar-refractivity contribution is 6.62. The molecule has 0 bridgehead atoms. The van der Waals surface area contributed by atoms with Crippen LogP contribution in [0.15, 0.2) is 36.4 Å². The molecule has 152 valence electrons. The summed E-state index contributed by atoms with van der Waals surface area (Å²) in [4.78, 5) is 12.4. The van der Waals surface area contributed by atoms with Crippen LogP contribution in [0, 0.1) is 0 Å². The lowest BCUT2D eigenvalue weighted by Gasteiger charge is -2.44. The summed E-state index contributed by atoms with van der Waals surface area (Å²) in [6.45, 7) is 17.8. The average Bonchev–Trinajstić information content (AvgIpc) is 2.72. The second-order valence-electron chi connectivity index (χ2n) is 10.0. The van der Waals surface area contributed by atoms with Gasteiger partial charge in [-0.25, -0.2) is 4.79 Å². The summed E-state index contributed by atoms with van der Waals surface area (Å²) in [5.74, 6) is 0. The van der Waals surface area contributed by atoms with Gasteiger partial charge in [0, 0.05) is 0 Å². The Hall–Kier alpha value is -1.79. The van der Waals surface area contributed by atoms with E-state index in [1.165, 1.54) is 0 Å². The molecule has 2 fully saturated rings. The van der Waals surface area contributed by atoms with E-state index in [0.717, 1.165) is 16.6 Å². The molecule has 0 spiro atoms. The van der Waals surface area contributed by atoms with Gasteiger partial charge in [0.2, 0.25) is 0 Å². The van der Waals surface area contributed by atoms with Gasteiger partial charge in [-0.2, -0.15) is 0 Å². The van der Waals surface area contributed by atoms with E-state index >= 15 is 0 Å². The first-order valence-electron chi connectivity index (χ1n) is 9.87. The zero-order chi connectivity index (χ0) is 21.0. The Bertz CT molecular complexity index is 753. The highest BCUT2D eigenvalue weighted by atomic mass is 16.7. The second-order valence-corrected chi connectivity index (χ2v) is 10.0. The predicted molar refractivity (Wildman–Crippen MR) is 112 cm³/mol. The normalized spacial score (nSPS) is 22.5. The third-order valence-corrected chi connectivity index (χ3v) is 5.83. The van der Waals surface area contributed by atoms with Crippen molar-refractivity contribution < 1.29 is 18.8 Å². The predicted octanol–water partition coefficient (Wildman–Crippen LogP) is 4.06. The zero-order valence-corrected chi connectivity index (χ0v) is 18.1. The average molecular weight is 385 g/mol. The minimum absolute atomic E-state index is 0.373. The number of amides is 1. The number of hydrogen-bond donors (Lipinski definition) is 1. The Balaban J connectivity index is 1.77. The fraction of sp³-hybridized carbons (Fsp3) is 0.591. The van der Waals surface area contributed by atoms with Crippen LogP contribution < -0.4 is 10.8 Å². The molecule has 1 heterocycles. The SMILES string of the molecule is C=C1CC(NC(=O)OC(C)(C)C)(c2ccc(B3OC(C)(C)C(C)(C)O3)cc2)C1. The number of alkyl carbamates (subject to hydrolysis) is 1. The molecule has 1 amide bonds. The summed E-state index contributed by atoms with van der Waals surface area (Å²) >= 11 is 0. The van der Waals surface area contributed by atoms with Crippen LogP contribution in [-0.2, 0) is 19.6 Å². The maximum atomic E-state index is 12.4. The summed E-state index contributed by atoms with van der Waals surface area (Å²) in [5, 5.41) is 3.06. The van der Waals surface area contributed by atoms with Gasteiger partial charge >= 0.3 is 13.2 Å². The highest BCUT2D eigenvalue weighted by Gasteiger charge is 2.52. The molecule has 0 radical (unpaired) electrons. The summed E-state index contributed by atoms with van der Waals surface area (Å²) in [6.07, 6.45) is 1.01. The fourth-order valence-corrected chi connectivity index (χ4v) is 3.60. The molecule has 6 heteroatoms. The number of ether oxygens (including phenoxy) is 1. The van der Waals surface area contributed by atoms with E-state index in [-0.39, 0.29) is 11.2 Å². The molecule has 5 nitrogen and oxygen atoms in total. The van der Waals surface area contributed by atoms with Crippen LogP contribution in [0.4, 0.5) is 4.79 Å². The summed E-state index contributed by atoms with van der Waals surface area (Å²) in [6, 6.07) is 8.09. The largest absolute Gasteiger partial charge is 0.494 e. The number of benzene rings is 1. The van der Waals surface area contributed by atoms with Crippen molar-refractivity contribution in [2.45, 2.75) is 83.6 Å². The Morgan fingerprint density at radius 1 is 1.07 bits per heavy atom. The van der Waals surface area contributed by atoms with Crippen molar-refractivity contribution in [2.24, 2.45) is 0 Å². The third kappa shape index (κ3) is 3.99. The van der Waals surface area contributed by atoms with E-state index in [1.54, 1.807) is 0 Å². The topological polar surface area (TPSA) is 56.8 Å². The van der Waals surface area contributed by atoms with Crippen LogP contribution in [0.25, 0.3) is 0 Å². The zero-order valence-electron chi connectivity index (χ0n) is 18.1. The first kappa shape index (κ1) is 20.9. The number of hydrogen-bond acceptors (Lipinski definition) is 4. The number of rotatable bonds is 3. The van der Waals surface area contributed by atoms with Crippen molar-refractivity contribution in [3.05, 3.63) is 42.0 Å². The monoisotopic (exact) mass is 385 g/mol. The van der Waals surface area contributed by atoms with Gasteiger partial charge in [0.25, 0.3) is 0 Å². The standard InChI is InChI=1S/C22H32BNO4/c1-15-13-22(14-15,24-18(25)26-19(2,3)4)16-9-11-17(12-10-16)23-27-20(5,6)21(7,8)28-23/h9-12H,1,13-14H2,2-8H3,(H,24,25). The Labute approximate surface area is 169 Å². The van der Waals surface area contributed by atoms with Crippen molar-refractivity contribution in [3.8, 4) is 0 Å². The Morgan fingerprint density at radius 2 is 1.57 bits per heavy atom. The van der Waals surface area contributed by atoms with E-state index < -0.39 is 24.4 Å². The Kier molecular flexibility index (Phi) is 4.96. The van der Waals surface area contributed by atoms with Gasteiger partial charge in [0.05, 0.1) is 16.7 Å². The maximum Gasteiger partial charge on any atom is 0.494 e. The van der Waals surface area contributed by atoms with Crippen LogP contribution in [0.5, 0.6) is 0 Å². The molecule has 0 atom stereocenters. The molecule has 0 unspecified atom stereocenters. The Morgan fingerprint density at radius 3 is 2.00 bits per heavy atom. The van der Waals surface area contributed by atoms with Gasteiger partial charge < -0.3 is 19.4 Å². The van der Waals surface area contributed by atoms with Gasteiger partial charge in [0.15, 0.2) is 0 Å². The lowest BCUT2D eigenvalue weighted by Crippen LogP contribution is -2.53. The maximum absolute atomic E-state index is 12.4. The minimum Gasteiger partial charge on any atom is -0.444 e. The number of carbonyl (C=O) groups excluding carboxylic acids is 1. The summed E-state index contributed by atoms with van der Waals surface area (Å²) in [5.41, 5.74) is 1.37. The van der Waals surface area contributed by atoms with E-state index in [9.17, 15) is 4.79 Å². The molecule has 1 saturated heterocycles. The van der Waals surface area contributed by atoms with Crippen molar-refractivity contribution in [2.75, 3.05) is 0 Å². The van der Waals surface area contributed by atoms with Crippen molar-refractivity contribution in [3.63, 3.8) is 0 Å². The molecular formula is C22H32BNO4.